The summed E-state index contributed by atoms with van der Waals surface area (Å²) in [7, 11) is 0. The van der Waals surface area contributed by atoms with Crippen LogP contribution in [0.5, 0.6) is 0 Å². The fourth-order valence-corrected chi connectivity index (χ4v) is 4.65. The smallest absolute Gasteiger partial charge is 0.268 e. The highest BCUT2D eigenvalue weighted by Crippen LogP contribution is 2.36. The van der Waals surface area contributed by atoms with Gasteiger partial charge < -0.3 is 0 Å². The lowest BCUT2D eigenvalue weighted by Crippen LogP contribution is -2.27. The Hall–Kier alpha value is -3.15. The van der Waals surface area contributed by atoms with Gasteiger partial charge in [-0.3, -0.25) is 14.5 Å². The number of fused-ring (bicyclic) bond motifs is 2. The molecule has 1 aromatic heterocycles. The van der Waals surface area contributed by atoms with Crippen LogP contribution in [0.4, 0.5) is 4.79 Å². The number of carbonyl (C=O) groups is 2. The van der Waals surface area contributed by atoms with Gasteiger partial charge in [-0.2, -0.15) is 0 Å². The number of imide groups is 1. The largest absolute Gasteiger partial charge is 0.293 e. The number of thioether (sulfide) groups is 1. The number of nitrogens with zero attached hydrogens (tertiary/aromatic N) is 2. The second-order valence-corrected chi connectivity index (χ2v) is 8.39. The van der Waals surface area contributed by atoms with E-state index < -0.39 is 0 Å². The van der Waals surface area contributed by atoms with Crippen LogP contribution in [-0.2, 0) is 11.3 Å². The third kappa shape index (κ3) is 3.36. The molecule has 0 unspecified atom stereocenters. The molecule has 2 amide bonds. The first kappa shape index (κ1) is 18.9. The molecule has 0 atom stereocenters. The van der Waals surface area contributed by atoms with Gasteiger partial charge in [0.2, 0.25) is 0 Å². The zero-order chi connectivity index (χ0) is 20.7. The van der Waals surface area contributed by atoms with E-state index in [-0.39, 0.29) is 17.7 Å². The predicted octanol–water partition coefficient (Wildman–Crippen LogP) is 6.28. The number of halogens is 1. The van der Waals surface area contributed by atoms with Crippen LogP contribution in [0.2, 0.25) is 5.02 Å². The molecule has 6 heteroatoms. The van der Waals surface area contributed by atoms with Crippen molar-refractivity contribution in [3.63, 3.8) is 0 Å². The number of amides is 2. The van der Waals surface area contributed by atoms with Crippen molar-refractivity contribution in [1.29, 1.82) is 0 Å². The highest BCUT2D eigenvalue weighted by Gasteiger charge is 2.35. The van der Waals surface area contributed by atoms with Crippen molar-refractivity contribution in [2.75, 3.05) is 0 Å². The van der Waals surface area contributed by atoms with Gasteiger partial charge in [0.05, 0.1) is 22.5 Å². The minimum atomic E-state index is -0.296. The summed E-state index contributed by atoms with van der Waals surface area (Å²) in [4.78, 5) is 32.0. The van der Waals surface area contributed by atoms with Crippen LogP contribution >= 0.6 is 23.4 Å². The molecule has 0 saturated carbocycles. The molecule has 0 bridgehead atoms. The highest BCUT2D eigenvalue weighted by molar-refractivity contribution is 8.18. The Balaban J connectivity index is 1.59. The van der Waals surface area contributed by atoms with Crippen LogP contribution in [0.1, 0.15) is 11.1 Å². The molecule has 4 nitrogen and oxygen atoms in total. The first-order valence-corrected chi connectivity index (χ1v) is 10.6. The maximum Gasteiger partial charge on any atom is 0.293 e. The first-order valence-electron chi connectivity index (χ1n) is 9.37. The minimum Gasteiger partial charge on any atom is -0.268 e. The summed E-state index contributed by atoms with van der Waals surface area (Å²) >= 11 is 7.00. The number of aromatic nitrogens is 1. The van der Waals surface area contributed by atoms with Gasteiger partial charge in [0, 0.05) is 15.8 Å². The van der Waals surface area contributed by atoms with Crippen LogP contribution in [-0.4, -0.2) is 21.0 Å². The summed E-state index contributed by atoms with van der Waals surface area (Å²) in [6.45, 7) is 0.195. The number of carbonyl (C=O) groups excluding carboxylic acids is 2. The van der Waals surface area contributed by atoms with Crippen molar-refractivity contribution in [2.24, 2.45) is 0 Å². The Kier molecular flexibility index (Phi) is 4.77. The van der Waals surface area contributed by atoms with Crippen molar-refractivity contribution >= 4 is 62.4 Å². The molecule has 0 radical (unpaired) electrons. The Morgan fingerprint density at radius 2 is 1.57 bits per heavy atom. The lowest BCUT2D eigenvalue weighted by atomic mass is 10.0. The van der Waals surface area contributed by atoms with E-state index in [1.165, 1.54) is 4.90 Å². The molecular weight excluding hydrogens is 416 g/mol. The summed E-state index contributed by atoms with van der Waals surface area (Å²) in [6.07, 6.45) is 1.81. The van der Waals surface area contributed by atoms with Gasteiger partial charge in [-0.1, -0.05) is 60.1 Å². The van der Waals surface area contributed by atoms with E-state index in [0.717, 1.165) is 44.7 Å². The van der Waals surface area contributed by atoms with Crippen molar-refractivity contribution in [3.05, 3.63) is 93.9 Å². The van der Waals surface area contributed by atoms with E-state index in [9.17, 15) is 9.59 Å². The van der Waals surface area contributed by atoms with Gasteiger partial charge >= 0.3 is 0 Å². The third-order valence-corrected chi connectivity index (χ3v) is 6.15. The number of benzene rings is 3. The molecule has 0 spiro atoms. The van der Waals surface area contributed by atoms with Crippen LogP contribution in [0.3, 0.4) is 0 Å². The van der Waals surface area contributed by atoms with Gasteiger partial charge in [-0.05, 0) is 53.2 Å². The highest BCUT2D eigenvalue weighted by atomic mass is 35.5. The lowest BCUT2D eigenvalue weighted by Gasteiger charge is -2.12. The summed E-state index contributed by atoms with van der Waals surface area (Å²) < 4.78 is 0. The van der Waals surface area contributed by atoms with E-state index in [1.807, 2.05) is 66.7 Å². The quantitative estimate of drug-likeness (QED) is 0.283. The number of hydrogen-bond acceptors (Lipinski definition) is 4. The topological polar surface area (TPSA) is 50.3 Å². The van der Waals surface area contributed by atoms with Crippen LogP contribution in [0.25, 0.3) is 27.9 Å². The normalized spacial score (nSPS) is 15.6. The van der Waals surface area contributed by atoms with E-state index in [2.05, 4.69) is 0 Å². The van der Waals surface area contributed by atoms with E-state index in [1.54, 1.807) is 12.1 Å². The van der Waals surface area contributed by atoms with Gasteiger partial charge in [0.15, 0.2) is 0 Å². The predicted molar refractivity (Wildman–Crippen MR) is 122 cm³/mol. The van der Waals surface area contributed by atoms with E-state index >= 15 is 0 Å². The van der Waals surface area contributed by atoms with E-state index in [0.29, 0.717) is 9.93 Å². The fraction of sp³-hybridized carbons (Fsp3) is 0.0417. The first-order chi connectivity index (χ1) is 14.6. The molecule has 0 N–H and O–H groups in total. The third-order valence-electron chi connectivity index (χ3n) is 5.01. The molecule has 1 aliphatic rings. The monoisotopic (exact) mass is 430 g/mol. The Bertz CT molecular complexity index is 1310. The standard InChI is InChI=1S/C24H15ClN2O2S/c25-16-7-5-6-15(12-16)14-27-23(28)22(30-24(27)29)13-19-17-8-1-3-10-20(17)26-21-11-4-2-9-18(19)21/h1-13H,14H2/b22-13-. The second kappa shape index (κ2) is 7.59. The maximum atomic E-state index is 13.0. The van der Waals surface area contributed by atoms with Gasteiger partial charge in [0.1, 0.15) is 0 Å². The van der Waals surface area contributed by atoms with Crippen LogP contribution < -0.4 is 0 Å². The molecule has 1 fully saturated rings. The fourth-order valence-electron chi connectivity index (χ4n) is 3.61. The molecule has 0 aliphatic carbocycles. The average molecular weight is 431 g/mol. The van der Waals surface area contributed by atoms with Crippen LogP contribution in [0.15, 0.2) is 77.7 Å². The zero-order valence-electron chi connectivity index (χ0n) is 15.7. The lowest BCUT2D eigenvalue weighted by molar-refractivity contribution is -0.123. The summed E-state index contributed by atoms with van der Waals surface area (Å²) in [5.41, 5.74) is 3.40. The molecular formula is C24H15ClN2O2S. The molecule has 1 aliphatic heterocycles. The number of hydrogen-bond donors (Lipinski definition) is 0. The minimum absolute atomic E-state index is 0.195. The van der Waals surface area contributed by atoms with Gasteiger partial charge in [0.25, 0.3) is 11.1 Å². The molecule has 146 valence electrons. The number of para-hydroxylation sites is 2. The Morgan fingerprint density at radius 3 is 2.23 bits per heavy atom. The summed E-state index contributed by atoms with van der Waals surface area (Å²) in [5, 5.41) is 2.18. The van der Waals surface area contributed by atoms with Crippen molar-refractivity contribution in [3.8, 4) is 0 Å². The van der Waals surface area contributed by atoms with Gasteiger partial charge in [-0.15, -0.1) is 0 Å². The average Bonchev–Trinajstić information content (AvgIpc) is 3.01. The van der Waals surface area contributed by atoms with Crippen molar-refractivity contribution in [2.45, 2.75) is 6.54 Å². The Morgan fingerprint density at radius 1 is 0.900 bits per heavy atom. The molecule has 30 heavy (non-hydrogen) atoms. The number of rotatable bonds is 3. The van der Waals surface area contributed by atoms with Crippen molar-refractivity contribution in [1.82, 2.24) is 9.88 Å². The molecule has 2 heterocycles. The van der Waals surface area contributed by atoms with E-state index in [4.69, 9.17) is 16.6 Å². The van der Waals surface area contributed by atoms with Crippen LogP contribution in [0, 0.1) is 0 Å². The second-order valence-electron chi connectivity index (χ2n) is 6.96. The van der Waals surface area contributed by atoms with Crippen molar-refractivity contribution < 1.29 is 9.59 Å². The molecule has 5 rings (SSSR count). The molecule has 4 aromatic rings. The molecule has 3 aromatic carbocycles. The summed E-state index contributed by atoms with van der Waals surface area (Å²) in [5.74, 6) is -0.296. The molecule has 1 saturated heterocycles. The zero-order valence-corrected chi connectivity index (χ0v) is 17.3. The Labute approximate surface area is 182 Å². The maximum absolute atomic E-state index is 13.0. The SMILES string of the molecule is O=C1S/C(=C\c2c3ccccc3nc3ccccc23)C(=O)N1Cc1cccc(Cl)c1. The van der Waals surface area contributed by atoms with Gasteiger partial charge in [-0.25, -0.2) is 4.98 Å². The number of pyridine rings is 1. The summed E-state index contributed by atoms with van der Waals surface area (Å²) in [6, 6.07) is 22.8.